The zero-order valence-electron chi connectivity index (χ0n) is 10.4. The van der Waals surface area contributed by atoms with Gasteiger partial charge in [-0.05, 0) is 31.2 Å². The average Bonchev–Trinajstić information content (AvgIpc) is 2.37. The molecule has 17 heavy (non-hydrogen) atoms. The fourth-order valence-electron chi connectivity index (χ4n) is 1.39. The number of alkyl halides is 1. The maximum Gasteiger partial charge on any atom is 0.252 e. The van der Waals surface area contributed by atoms with Crippen LogP contribution >= 0.6 is 27.7 Å². The Morgan fingerprint density at radius 3 is 2.65 bits per heavy atom. The topological polar surface area (TPSA) is 29.1 Å². The largest absolute Gasteiger partial charge is 0.349 e. The molecule has 0 aromatic heterocycles. The van der Waals surface area contributed by atoms with E-state index in [1.807, 2.05) is 37.4 Å². The molecule has 1 N–H and O–H groups in total. The van der Waals surface area contributed by atoms with Crippen molar-refractivity contribution < 1.29 is 4.79 Å². The molecule has 2 unspecified atom stereocenters. The van der Waals surface area contributed by atoms with Crippen LogP contribution in [0.1, 0.15) is 24.2 Å². The molecule has 0 heterocycles. The molecule has 0 saturated heterocycles. The van der Waals surface area contributed by atoms with Gasteiger partial charge in [0.15, 0.2) is 0 Å². The van der Waals surface area contributed by atoms with Crippen molar-refractivity contribution >= 4 is 33.6 Å². The van der Waals surface area contributed by atoms with Gasteiger partial charge in [0.05, 0.1) is 5.56 Å². The van der Waals surface area contributed by atoms with Gasteiger partial charge in [0.1, 0.15) is 0 Å². The molecule has 0 radical (unpaired) electrons. The zero-order valence-corrected chi connectivity index (χ0v) is 12.8. The van der Waals surface area contributed by atoms with Gasteiger partial charge in [-0.1, -0.05) is 35.0 Å². The molecule has 2 nitrogen and oxygen atoms in total. The third kappa shape index (κ3) is 4.03. The predicted octanol–water partition coefficient (Wildman–Crippen LogP) is 3.56. The van der Waals surface area contributed by atoms with E-state index in [2.05, 4.69) is 28.2 Å². The molecule has 1 aromatic carbocycles. The minimum atomic E-state index is 0.00949. The first-order chi connectivity index (χ1) is 8.10. The third-order valence-corrected chi connectivity index (χ3v) is 4.62. The lowest BCUT2D eigenvalue weighted by molar-refractivity contribution is 0.0928. The van der Waals surface area contributed by atoms with Gasteiger partial charge in [-0.25, -0.2) is 0 Å². The molecule has 1 amide bonds. The van der Waals surface area contributed by atoms with Crippen molar-refractivity contribution in [3.63, 3.8) is 0 Å². The van der Waals surface area contributed by atoms with Crippen LogP contribution in [0.5, 0.6) is 0 Å². The Morgan fingerprint density at radius 1 is 1.41 bits per heavy atom. The quantitative estimate of drug-likeness (QED) is 0.665. The van der Waals surface area contributed by atoms with Crippen LogP contribution in [0.25, 0.3) is 0 Å². The lowest BCUT2D eigenvalue weighted by atomic mass is 10.1. The molecule has 0 saturated carbocycles. The van der Waals surface area contributed by atoms with Gasteiger partial charge in [-0.15, -0.1) is 11.8 Å². The highest BCUT2D eigenvalue weighted by atomic mass is 79.9. The first-order valence-corrected chi connectivity index (χ1v) is 7.94. The summed E-state index contributed by atoms with van der Waals surface area (Å²) in [7, 11) is 0. The molecule has 0 bridgehead atoms. The maximum atomic E-state index is 12.1. The summed E-state index contributed by atoms with van der Waals surface area (Å²) in [5.41, 5.74) is 0.758. The Balaban J connectivity index is 2.76. The summed E-state index contributed by atoms with van der Waals surface area (Å²) in [6.07, 6.45) is 1.98. The number of amides is 1. The van der Waals surface area contributed by atoms with Gasteiger partial charge < -0.3 is 5.32 Å². The van der Waals surface area contributed by atoms with E-state index in [1.165, 1.54) is 0 Å². The Hall–Kier alpha value is -0.480. The Labute approximate surface area is 116 Å². The number of nitrogens with one attached hydrogen (secondary N) is 1. The second kappa shape index (κ2) is 7.07. The number of hydrogen-bond acceptors (Lipinski definition) is 2. The lowest BCUT2D eigenvalue weighted by Gasteiger charge is -2.19. The normalized spacial score (nSPS) is 14.1. The van der Waals surface area contributed by atoms with Crippen molar-refractivity contribution in [1.29, 1.82) is 0 Å². The molecule has 94 valence electrons. The van der Waals surface area contributed by atoms with Crippen LogP contribution < -0.4 is 5.32 Å². The first kappa shape index (κ1) is 14.6. The minimum absolute atomic E-state index is 0.00949. The number of rotatable bonds is 5. The second-order valence-corrected chi connectivity index (χ2v) is 5.59. The summed E-state index contributed by atoms with van der Waals surface area (Å²) in [6.45, 7) is 4.14. The van der Waals surface area contributed by atoms with Crippen LogP contribution in [0.2, 0.25) is 0 Å². The fourth-order valence-corrected chi connectivity index (χ4v) is 2.55. The van der Waals surface area contributed by atoms with Gasteiger partial charge in [-0.3, -0.25) is 4.79 Å². The summed E-state index contributed by atoms with van der Waals surface area (Å²) in [5.74, 6) is 0.427. The van der Waals surface area contributed by atoms with E-state index in [0.717, 1.165) is 15.8 Å². The Morgan fingerprint density at radius 2 is 2.06 bits per heavy atom. The van der Waals surface area contributed by atoms with Crippen molar-refractivity contribution in [3.8, 4) is 0 Å². The molecular formula is C13H18BrNOS. The van der Waals surface area contributed by atoms with Gasteiger partial charge >= 0.3 is 0 Å². The molecule has 4 heteroatoms. The summed E-state index contributed by atoms with van der Waals surface area (Å²) in [5, 5.41) is 3.93. The number of halogens is 1. The molecule has 0 aliphatic rings. The van der Waals surface area contributed by atoms with Crippen LogP contribution in [0.15, 0.2) is 29.2 Å². The summed E-state index contributed by atoms with van der Waals surface area (Å²) < 4.78 is 0. The Kier molecular flexibility index (Phi) is 6.06. The summed E-state index contributed by atoms with van der Waals surface area (Å²) in [4.78, 5) is 13.1. The maximum absolute atomic E-state index is 12.1. The van der Waals surface area contributed by atoms with Crippen LogP contribution in [-0.4, -0.2) is 23.5 Å². The van der Waals surface area contributed by atoms with E-state index in [9.17, 15) is 4.79 Å². The summed E-state index contributed by atoms with van der Waals surface area (Å²) >= 11 is 5.03. The van der Waals surface area contributed by atoms with Crippen molar-refractivity contribution in [2.45, 2.75) is 24.8 Å². The zero-order chi connectivity index (χ0) is 12.8. The van der Waals surface area contributed by atoms with E-state index in [4.69, 9.17) is 0 Å². The molecule has 0 aliphatic heterocycles. The monoisotopic (exact) mass is 315 g/mol. The van der Waals surface area contributed by atoms with Crippen molar-refractivity contribution in [3.05, 3.63) is 29.8 Å². The van der Waals surface area contributed by atoms with Gasteiger partial charge in [0, 0.05) is 16.3 Å². The number of thioether (sulfide) groups is 1. The number of carbonyl (C=O) groups is 1. The number of benzene rings is 1. The molecule has 0 aliphatic carbocycles. The van der Waals surface area contributed by atoms with Crippen molar-refractivity contribution in [2.75, 3.05) is 11.6 Å². The van der Waals surface area contributed by atoms with E-state index in [1.54, 1.807) is 11.8 Å². The number of carbonyl (C=O) groups excluding carboxylic acids is 1. The van der Waals surface area contributed by atoms with E-state index < -0.39 is 0 Å². The van der Waals surface area contributed by atoms with Gasteiger partial charge in [0.25, 0.3) is 5.91 Å². The molecule has 2 atom stereocenters. The molecule has 0 spiro atoms. The standard InChI is InChI=1S/C13H18BrNOS/c1-9(8-14)10(2)15-13(16)11-6-4-5-7-12(11)17-3/h4-7,9-10H,8H2,1-3H3,(H,15,16). The minimum Gasteiger partial charge on any atom is -0.349 e. The van der Waals surface area contributed by atoms with Crippen molar-refractivity contribution in [1.82, 2.24) is 5.32 Å². The van der Waals surface area contributed by atoms with Gasteiger partial charge in [0.2, 0.25) is 0 Å². The van der Waals surface area contributed by atoms with Crippen LogP contribution in [0, 0.1) is 5.92 Å². The van der Waals surface area contributed by atoms with E-state index >= 15 is 0 Å². The lowest BCUT2D eigenvalue weighted by Crippen LogP contribution is -2.37. The first-order valence-electron chi connectivity index (χ1n) is 5.60. The highest BCUT2D eigenvalue weighted by Gasteiger charge is 2.16. The van der Waals surface area contributed by atoms with Crippen LogP contribution in [0.4, 0.5) is 0 Å². The average molecular weight is 316 g/mol. The molecular weight excluding hydrogens is 298 g/mol. The molecule has 1 aromatic rings. The Bertz CT molecular complexity index is 383. The number of hydrogen-bond donors (Lipinski definition) is 1. The third-order valence-electron chi connectivity index (χ3n) is 2.81. The molecule has 1 rings (SSSR count). The van der Waals surface area contributed by atoms with Crippen LogP contribution in [0.3, 0.4) is 0 Å². The fraction of sp³-hybridized carbons (Fsp3) is 0.462. The van der Waals surface area contributed by atoms with E-state index in [0.29, 0.717) is 5.92 Å². The summed E-state index contributed by atoms with van der Waals surface area (Å²) in [6, 6.07) is 7.85. The second-order valence-electron chi connectivity index (χ2n) is 4.09. The van der Waals surface area contributed by atoms with Crippen molar-refractivity contribution in [2.24, 2.45) is 5.92 Å². The SMILES string of the molecule is CSc1ccccc1C(=O)NC(C)C(C)CBr. The smallest absolute Gasteiger partial charge is 0.252 e. The van der Waals surface area contributed by atoms with Gasteiger partial charge in [-0.2, -0.15) is 0 Å². The highest BCUT2D eigenvalue weighted by molar-refractivity contribution is 9.09. The predicted molar refractivity (Wildman–Crippen MR) is 78.1 cm³/mol. The van der Waals surface area contributed by atoms with E-state index in [-0.39, 0.29) is 11.9 Å². The van der Waals surface area contributed by atoms with Crippen LogP contribution in [-0.2, 0) is 0 Å². The highest BCUT2D eigenvalue weighted by Crippen LogP contribution is 2.20. The molecule has 0 fully saturated rings.